The van der Waals surface area contributed by atoms with E-state index < -0.39 is 41.0 Å². The molecule has 4 rings (SSSR count). The first-order valence-corrected chi connectivity index (χ1v) is 12.0. The molecule has 1 aromatic carbocycles. The molecule has 2 amide bonds. The fourth-order valence-corrected chi connectivity index (χ4v) is 3.85. The number of carbonyl (C=O) groups is 2. The molecule has 0 bridgehead atoms. The Labute approximate surface area is 224 Å². The van der Waals surface area contributed by atoms with E-state index in [1.807, 2.05) is 0 Å². The van der Waals surface area contributed by atoms with Gasteiger partial charge in [0.2, 0.25) is 5.95 Å². The number of alkyl halides is 6. The van der Waals surface area contributed by atoms with Crippen molar-refractivity contribution >= 4 is 17.8 Å². The maximum Gasteiger partial charge on any atom is 0.416 e. The minimum absolute atomic E-state index is 0.0529. The van der Waals surface area contributed by atoms with Gasteiger partial charge in [0.25, 0.3) is 11.8 Å². The van der Waals surface area contributed by atoms with E-state index in [-0.39, 0.29) is 35.6 Å². The molecule has 15 heteroatoms. The van der Waals surface area contributed by atoms with Crippen molar-refractivity contribution in [3.8, 4) is 5.82 Å². The Hall–Kier alpha value is -4.17. The first-order chi connectivity index (χ1) is 18.6. The molecule has 0 spiro atoms. The standard InChI is InChI=1S/C25H25F6N7O2/c1-13(33-21(39)15-9-16(24(26,27)28)11-17(10-15)25(29,30)31)20-34-23(36(2)3)35-38(20)19-8-5-14(12-32-19)22(40)37(4)18-6-7-18/h5,8-13,18H,6-7H2,1-4H3,(H,33,39)/t13-/m0/s1. The number of amides is 2. The molecule has 3 aromatic rings. The summed E-state index contributed by atoms with van der Waals surface area (Å²) in [7, 11) is 5.01. The molecular weight excluding hydrogens is 544 g/mol. The number of halogens is 6. The zero-order chi connectivity index (χ0) is 29.6. The molecule has 1 fully saturated rings. The number of aromatic nitrogens is 4. The Morgan fingerprint density at radius 1 is 0.975 bits per heavy atom. The highest BCUT2D eigenvalue weighted by Gasteiger charge is 2.38. The van der Waals surface area contributed by atoms with E-state index in [1.54, 1.807) is 37.0 Å². The van der Waals surface area contributed by atoms with Crippen molar-refractivity contribution in [2.24, 2.45) is 0 Å². The lowest BCUT2D eigenvalue weighted by Crippen LogP contribution is -2.30. The third-order valence-corrected chi connectivity index (χ3v) is 6.23. The third-order valence-electron chi connectivity index (χ3n) is 6.23. The van der Waals surface area contributed by atoms with Crippen LogP contribution in [0.1, 0.15) is 63.5 Å². The van der Waals surface area contributed by atoms with Crippen LogP contribution >= 0.6 is 0 Å². The molecule has 0 saturated heterocycles. The monoisotopic (exact) mass is 569 g/mol. The average Bonchev–Trinajstić information content (AvgIpc) is 3.63. The van der Waals surface area contributed by atoms with E-state index in [1.165, 1.54) is 23.9 Å². The van der Waals surface area contributed by atoms with Gasteiger partial charge < -0.3 is 15.1 Å². The van der Waals surface area contributed by atoms with Crippen molar-refractivity contribution in [2.75, 3.05) is 26.0 Å². The molecule has 0 unspecified atom stereocenters. The highest BCUT2D eigenvalue weighted by molar-refractivity contribution is 5.95. The van der Waals surface area contributed by atoms with Crippen LogP contribution in [-0.2, 0) is 12.4 Å². The predicted molar refractivity (Wildman–Crippen MR) is 131 cm³/mol. The Morgan fingerprint density at radius 3 is 2.05 bits per heavy atom. The van der Waals surface area contributed by atoms with Crippen molar-refractivity contribution in [1.29, 1.82) is 0 Å². The second kappa shape index (κ2) is 10.4. The van der Waals surface area contributed by atoms with E-state index in [9.17, 15) is 35.9 Å². The Bertz CT molecular complexity index is 1380. The van der Waals surface area contributed by atoms with Gasteiger partial charge in [-0.05, 0) is 50.1 Å². The number of anilines is 1. The van der Waals surface area contributed by atoms with Gasteiger partial charge >= 0.3 is 12.4 Å². The fourth-order valence-electron chi connectivity index (χ4n) is 3.85. The molecule has 1 aliphatic carbocycles. The number of nitrogens with zero attached hydrogens (tertiary/aromatic N) is 6. The summed E-state index contributed by atoms with van der Waals surface area (Å²) in [5, 5.41) is 6.74. The molecular formula is C25H25F6N7O2. The molecule has 9 nitrogen and oxygen atoms in total. The summed E-state index contributed by atoms with van der Waals surface area (Å²) in [4.78, 5) is 37.3. The molecule has 0 radical (unpaired) electrons. The Balaban J connectivity index is 1.63. The summed E-state index contributed by atoms with van der Waals surface area (Å²) >= 11 is 0. The van der Waals surface area contributed by atoms with Gasteiger partial charge in [0, 0.05) is 38.9 Å². The molecule has 0 aliphatic heterocycles. The summed E-state index contributed by atoms with van der Waals surface area (Å²) in [6, 6.07) is 2.89. The van der Waals surface area contributed by atoms with Gasteiger partial charge in [-0.15, -0.1) is 5.10 Å². The number of benzene rings is 1. The normalized spacial score (nSPS) is 14.6. The number of nitrogens with one attached hydrogen (secondary N) is 1. The molecule has 214 valence electrons. The minimum atomic E-state index is -5.10. The van der Waals surface area contributed by atoms with E-state index in [0.717, 1.165) is 12.8 Å². The first kappa shape index (κ1) is 28.8. The van der Waals surface area contributed by atoms with Crippen LogP contribution < -0.4 is 10.2 Å². The van der Waals surface area contributed by atoms with Crippen molar-refractivity contribution in [3.05, 3.63) is 64.6 Å². The van der Waals surface area contributed by atoms with Crippen molar-refractivity contribution in [2.45, 2.75) is 44.2 Å². The van der Waals surface area contributed by atoms with E-state index in [4.69, 9.17) is 0 Å². The van der Waals surface area contributed by atoms with Crippen LogP contribution in [0.15, 0.2) is 36.5 Å². The zero-order valence-electron chi connectivity index (χ0n) is 21.8. The number of hydrogen-bond donors (Lipinski definition) is 1. The minimum Gasteiger partial charge on any atom is -0.346 e. The van der Waals surface area contributed by atoms with Crippen molar-refractivity contribution in [3.63, 3.8) is 0 Å². The summed E-state index contributed by atoms with van der Waals surface area (Å²) < 4.78 is 80.8. The highest BCUT2D eigenvalue weighted by Crippen LogP contribution is 2.36. The number of carbonyl (C=O) groups excluding carboxylic acids is 2. The van der Waals surface area contributed by atoms with Crippen LogP contribution in [0.2, 0.25) is 0 Å². The number of hydrogen-bond acceptors (Lipinski definition) is 6. The second-order valence-corrected chi connectivity index (χ2v) is 9.62. The summed E-state index contributed by atoms with van der Waals surface area (Å²) in [5.41, 5.74) is -3.69. The van der Waals surface area contributed by atoms with Gasteiger partial charge in [-0.25, -0.2) is 4.98 Å². The Kier molecular flexibility index (Phi) is 7.51. The van der Waals surface area contributed by atoms with Crippen LogP contribution in [0, 0.1) is 0 Å². The largest absolute Gasteiger partial charge is 0.416 e. The summed E-state index contributed by atoms with van der Waals surface area (Å²) in [6.07, 6.45) is -6.97. The van der Waals surface area contributed by atoms with Gasteiger partial charge in [-0.2, -0.15) is 36.0 Å². The molecule has 2 aromatic heterocycles. The SMILES string of the molecule is C[C@H](NC(=O)c1cc(C(F)(F)F)cc(C(F)(F)F)c1)c1nc(N(C)C)nn1-c1ccc(C(=O)N(C)C2CC2)cn1. The molecule has 1 N–H and O–H groups in total. The quantitative estimate of drug-likeness (QED) is 0.422. The first-order valence-electron chi connectivity index (χ1n) is 12.0. The molecule has 1 atom stereocenters. The molecule has 40 heavy (non-hydrogen) atoms. The number of pyridine rings is 1. The van der Waals surface area contributed by atoms with Crippen LogP contribution in [-0.4, -0.2) is 63.6 Å². The van der Waals surface area contributed by atoms with E-state index in [0.29, 0.717) is 17.7 Å². The summed E-state index contributed by atoms with van der Waals surface area (Å²) in [6.45, 7) is 1.44. The fraction of sp³-hybridized carbons (Fsp3) is 0.400. The summed E-state index contributed by atoms with van der Waals surface area (Å²) in [5.74, 6) is -0.858. The smallest absolute Gasteiger partial charge is 0.346 e. The second-order valence-electron chi connectivity index (χ2n) is 9.62. The van der Waals surface area contributed by atoms with Crippen LogP contribution in [0.5, 0.6) is 0 Å². The zero-order valence-corrected chi connectivity index (χ0v) is 21.8. The van der Waals surface area contributed by atoms with Crippen LogP contribution in [0.3, 0.4) is 0 Å². The lowest BCUT2D eigenvalue weighted by atomic mass is 10.0. The average molecular weight is 570 g/mol. The van der Waals surface area contributed by atoms with Gasteiger partial charge in [-0.3, -0.25) is 9.59 Å². The van der Waals surface area contributed by atoms with Crippen LogP contribution in [0.4, 0.5) is 32.3 Å². The topological polar surface area (TPSA) is 96.2 Å². The van der Waals surface area contributed by atoms with Gasteiger partial charge in [0.05, 0.1) is 22.7 Å². The van der Waals surface area contributed by atoms with Gasteiger partial charge in [0.15, 0.2) is 11.6 Å². The third kappa shape index (κ3) is 6.18. The lowest BCUT2D eigenvalue weighted by Gasteiger charge is -2.17. The Morgan fingerprint density at radius 2 is 1.57 bits per heavy atom. The van der Waals surface area contributed by atoms with E-state index in [2.05, 4.69) is 20.4 Å². The van der Waals surface area contributed by atoms with Crippen molar-refractivity contribution in [1.82, 2.24) is 30.0 Å². The lowest BCUT2D eigenvalue weighted by molar-refractivity contribution is -0.143. The molecule has 1 aliphatic rings. The molecule has 1 saturated carbocycles. The highest BCUT2D eigenvalue weighted by atomic mass is 19.4. The van der Waals surface area contributed by atoms with E-state index >= 15 is 0 Å². The van der Waals surface area contributed by atoms with Gasteiger partial charge in [0.1, 0.15) is 0 Å². The number of rotatable bonds is 7. The molecule has 2 heterocycles. The van der Waals surface area contributed by atoms with Gasteiger partial charge in [-0.1, -0.05) is 0 Å². The predicted octanol–water partition coefficient (Wildman–Crippen LogP) is 4.49. The maximum absolute atomic E-state index is 13.3. The maximum atomic E-state index is 13.3. The van der Waals surface area contributed by atoms with Crippen molar-refractivity contribution < 1.29 is 35.9 Å². The van der Waals surface area contributed by atoms with Crippen LogP contribution in [0.25, 0.3) is 5.82 Å².